The summed E-state index contributed by atoms with van der Waals surface area (Å²) in [5.41, 5.74) is 2.71. The number of amides is 1. The van der Waals surface area contributed by atoms with Crippen molar-refractivity contribution in [1.82, 2.24) is 25.1 Å². The maximum Gasteiger partial charge on any atom is 0.267 e. The largest absolute Gasteiger partial charge is 0.419 e. The van der Waals surface area contributed by atoms with Crippen LogP contribution in [0, 0.1) is 0 Å². The van der Waals surface area contributed by atoms with E-state index in [-0.39, 0.29) is 11.8 Å². The van der Waals surface area contributed by atoms with Crippen LogP contribution in [0.3, 0.4) is 0 Å². The summed E-state index contributed by atoms with van der Waals surface area (Å²) in [4.78, 5) is 23.1. The van der Waals surface area contributed by atoms with Crippen LogP contribution in [0.1, 0.15) is 35.5 Å². The van der Waals surface area contributed by atoms with Gasteiger partial charge in [0.1, 0.15) is 5.69 Å². The minimum Gasteiger partial charge on any atom is -0.419 e. The Hall–Kier alpha value is -3.13. The summed E-state index contributed by atoms with van der Waals surface area (Å²) in [6.07, 6.45) is 5.85. The maximum absolute atomic E-state index is 13.1. The van der Waals surface area contributed by atoms with Crippen LogP contribution >= 0.6 is 0 Å². The molecule has 0 unspecified atom stereocenters. The lowest BCUT2D eigenvalue weighted by atomic mass is 9.97. The maximum atomic E-state index is 13.1. The molecule has 5 rings (SSSR count). The van der Waals surface area contributed by atoms with Crippen molar-refractivity contribution in [3.8, 4) is 11.6 Å². The molecule has 3 aromatic rings. The Morgan fingerprint density at radius 1 is 1.18 bits per heavy atom. The molecule has 0 spiro atoms. The molecule has 2 aromatic heterocycles. The van der Waals surface area contributed by atoms with Gasteiger partial charge < -0.3 is 14.1 Å². The molecular formula is C20H19N5O3. The third-order valence-electron chi connectivity index (χ3n) is 5.29. The minimum atomic E-state index is -0.526. The van der Waals surface area contributed by atoms with E-state index in [4.69, 9.17) is 9.15 Å². The van der Waals surface area contributed by atoms with E-state index < -0.39 is 6.10 Å². The van der Waals surface area contributed by atoms with Crippen LogP contribution in [-0.4, -0.2) is 50.7 Å². The van der Waals surface area contributed by atoms with Crippen molar-refractivity contribution in [1.29, 1.82) is 0 Å². The Morgan fingerprint density at radius 2 is 2.11 bits per heavy atom. The van der Waals surface area contributed by atoms with Crippen LogP contribution in [-0.2, 0) is 16.0 Å². The van der Waals surface area contributed by atoms with Gasteiger partial charge in [0.25, 0.3) is 11.8 Å². The van der Waals surface area contributed by atoms with Gasteiger partial charge in [0.2, 0.25) is 5.89 Å². The third-order valence-corrected chi connectivity index (χ3v) is 5.29. The van der Waals surface area contributed by atoms with Crippen molar-refractivity contribution in [2.75, 3.05) is 19.7 Å². The lowest BCUT2D eigenvalue weighted by Crippen LogP contribution is -2.36. The molecule has 1 aromatic carbocycles. The number of benzene rings is 1. The molecule has 4 heterocycles. The number of nitrogens with zero attached hydrogens (tertiary/aromatic N) is 5. The lowest BCUT2D eigenvalue weighted by Gasteiger charge is -2.28. The highest BCUT2D eigenvalue weighted by Crippen LogP contribution is 2.33. The molecule has 1 amide bonds. The first-order chi connectivity index (χ1) is 13.8. The van der Waals surface area contributed by atoms with Crippen LogP contribution in [0.5, 0.6) is 0 Å². The van der Waals surface area contributed by atoms with E-state index in [1.807, 2.05) is 23.1 Å². The summed E-state index contributed by atoms with van der Waals surface area (Å²) in [5, 5.41) is 8.24. The summed E-state index contributed by atoms with van der Waals surface area (Å²) in [6, 6.07) is 8.00. The zero-order valence-corrected chi connectivity index (χ0v) is 15.2. The van der Waals surface area contributed by atoms with Gasteiger partial charge in [0, 0.05) is 25.5 Å². The number of hydrogen-bond acceptors (Lipinski definition) is 7. The standard InChI is InChI=1S/C20H19N5O3/c26-20(17-15-4-2-1-3-13(15)6-10-27-17)25-9-5-14(12-25)18-23-24-19(28-18)16-11-21-7-8-22-16/h1-4,7-8,11,14,17H,5-6,9-10,12H2/t14-,17-/m0/s1. The van der Waals surface area contributed by atoms with Crippen LogP contribution < -0.4 is 0 Å². The van der Waals surface area contributed by atoms with Gasteiger partial charge in [-0.05, 0) is 24.0 Å². The van der Waals surface area contributed by atoms with Crippen molar-refractivity contribution in [3.05, 3.63) is 59.9 Å². The number of carbonyl (C=O) groups is 1. The average Bonchev–Trinajstić information content (AvgIpc) is 3.43. The molecule has 8 heteroatoms. The summed E-state index contributed by atoms with van der Waals surface area (Å²) < 4.78 is 11.6. The highest BCUT2D eigenvalue weighted by atomic mass is 16.5. The predicted molar refractivity (Wildman–Crippen MR) is 98.1 cm³/mol. The molecule has 0 N–H and O–H groups in total. The van der Waals surface area contributed by atoms with Crippen LogP contribution in [0.15, 0.2) is 47.3 Å². The van der Waals surface area contributed by atoms with Crippen molar-refractivity contribution in [2.45, 2.75) is 24.9 Å². The van der Waals surface area contributed by atoms with Crippen molar-refractivity contribution >= 4 is 5.91 Å². The number of rotatable bonds is 3. The molecule has 28 heavy (non-hydrogen) atoms. The Bertz CT molecular complexity index is 990. The first-order valence-electron chi connectivity index (χ1n) is 9.37. The van der Waals surface area contributed by atoms with Gasteiger partial charge in [0.15, 0.2) is 6.10 Å². The van der Waals surface area contributed by atoms with Gasteiger partial charge in [-0.3, -0.25) is 9.78 Å². The van der Waals surface area contributed by atoms with E-state index >= 15 is 0 Å². The number of aromatic nitrogens is 4. The molecule has 0 radical (unpaired) electrons. The van der Waals surface area contributed by atoms with E-state index in [0.717, 1.165) is 18.4 Å². The number of hydrogen-bond donors (Lipinski definition) is 0. The molecule has 2 aliphatic rings. The van der Waals surface area contributed by atoms with Crippen molar-refractivity contribution in [3.63, 3.8) is 0 Å². The third kappa shape index (κ3) is 3.05. The second-order valence-electron chi connectivity index (χ2n) is 7.01. The Balaban J connectivity index is 1.30. The van der Waals surface area contributed by atoms with E-state index in [1.165, 1.54) is 5.56 Å². The monoisotopic (exact) mass is 377 g/mol. The molecule has 2 atom stereocenters. The van der Waals surface area contributed by atoms with Crippen LogP contribution in [0.2, 0.25) is 0 Å². The SMILES string of the molecule is O=C([C@H]1OCCc2ccccc21)N1CC[C@H](c2nnc(-c3cnccn3)o2)C1. The summed E-state index contributed by atoms with van der Waals surface area (Å²) in [7, 11) is 0. The van der Waals surface area contributed by atoms with E-state index in [0.29, 0.717) is 37.2 Å². The summed E-state index contributed by atoms with van der Waals surface area (Å²) >= 11 is 0. The number of ether oxygens (including phenoxy) is 1. The molecule has 2 aliphatic heterocycles. The van der Waals surface area contributed by atoms with Crippen molar-refractivity contribution < 1.29 is 13.9 Å². The van der Waals surface area contributed by atoms with E-state index in [2.05, 4.69) is 26.2 Å². The Morgan fingerprint density at radius 3 is 3.00 bits per heavy atom. The molecule has 0 aliphatic carbocycles. The minimum absolute atomic E-state index is 0.00307. The average molecular weight is 377 g/mol. The Labute approximate surface area is 161 Å². The molecule has 0 bridgehead atoms. The second-order valence-corrected chi connectivity index (χ2v) is 7.01. The first kappa shape index (κ1) is 17.0. The zero-order chi connectivity index (χ0) is 18.9. The Kier molecular flexibility index (Phi) is 4.32. The fraction of sp³-hybridized carbons (Fsp3) is 0.350. The molecule has 1 fully saturated rings. The molecule has 142 valence electrons. The van der Waals surface area contributed by atoms with Crippen LogP contribution in [0.4, 0.5) is 0 Å². The highest BCUT2D eigenvalue weighted by molar-refractivity contribution is 5.83. The number of likely N-dealkylation sites (tertiary alicyclic amines) is 1. The normalized spacial score (nSPS) is 21.5. The van der Waals surface area contributed by atoms with E-state index in [9.17, 15) is 4.79 Å². The molecular weight excluding hydrogens is 358 g/mol. The van der Waals surface area contributed by atoms with Gasteiger partial charge >= 0.3 is 0 Å². The number of fused-ring (bicyclic) bond motifs is 1. The van der Waals surface area contributed by atoms with Crippen molar-refractivity contribution in [2.24, 2.45) is 0 Å². The number of carbonyl (C=O) groups excluding carboxylic acids is 1. The summed E-state index contributed by atoms with van der Waals surface area (Å²) in [6.45, 7) is 1.76. The van der Waals surface area contributed by atoms with Gasteiger partial charge in [-0.2, -0.15) is 0 Å². The van der Waals surface area contributed by atoms with Crippen LogP contribution in [0.25, 0.3) is 11.6 Å². The van der Waals surface area contributed by atoms with Gasteiger partial charge in [-0.25, -0.2) is 4.98 Å². The lowest BCUT2D eigenvalue weighted by molar-refractivity contribution is -0.144. The first-order valence-corrected chi connectivity index (χ1v) is 9.37. The topological polar surface area (TPSA) is 94.2 Å². The predicted octanol–water partition coefficient (Wildman–Crippen LogP) is 2.16. The fourth-order valence-corrected chi connectivity index (χ4v) is 3.84. The second kappa shape index (κ2) is 7.12. The molecule has 1 saturated heterocycles. The van der Waals surface area contributed by atoms with E-state index in [1.54, 1.807) is 18.6 Å². The van der Waals surface area contributed by atoms with Gasteiger partial charge in [-0.1, -0.05) is 24.3 Å². The smallest absolute Gasteiger partial charge is 0.267 e. The highest BCUT2D eigenvalue weighted by Gasteiger charge is 2.36. The molecule has 0 saturated carbocycles. The van der Waals surface area contributed by atoms with Gasteiger partial charge in [-0.15, -0.1) is 10.2 Å². The molecule has 8 nitrogen and oxygen atoms in total. The summed E-state index contributed by atoms with van der Waals surface area (Å²) in [5.74, 6) is 0.891. The quantitative estimate of drug-likeness (QED) is 0.690. The zero-order valence-electron chi connectivity index (χ0n) is 15.2. The fourth-order valence-electron chi connectivity index (χ4n) is 3.84. The van der Waals surface area contributed by atoms with Gasteiger partial charge in [0.05, 0.1) is 18.7 Å².